The number of aromatic nitrogens is 2. The third-order valence-electron chi connectivity index (χ3n) is 2.76. The SMILES string of the molecule is CCNc1ncc(F)c(N(C)Cc2ccc(F)cc2)n1. The zero-order chi connectivity index (χ0) is 14.5. The summed E-state index contributed by atoms with van der Waals surface area (Å²) in [5.41, 5.74) is 0.872. The molecule has 2 aromatic rings. The summed E-state index contributed by atoms with van der Waals surface area (Å²) >= 11 is 0. The molecular formula is C14H16F2N4. The Morgan fingerprint density at radius 1 is 1.20 bits per heavy atom. The molecule has 0 radical (unpaired) electrons. The summed E-state index contributed by atoms with van der Waals surface area (Å²) < 4.78 is 26.6. The molecule has 0 unspecified atom stereocenters. The van der Waals surface area contributed by atoms with Gasteiger partial charge in [-0.15, -0.1) is 0 Å². The third kappa shape index (κ3) is 3.40. The first kappa shape index (κ1) is 14.2. The summed E-state index contributed by atoms with van der Waals surface area (Å²) in [6.07, 6.45) is 1.14. The Bertz CT molecular complexity index is 572. The molecule has 1 aromatic carbocycles. The smallest absolute Gasteiger partial charge is 0.224 e. The van der Waals surface area contributed by atoms with Crippen LogP contribution in [0.1, 0.15) is 12.5 Å². The van der Waals surface area contributed by atoms with Gasteiger partial charge in [0.25, 0.3) is 0 Å². The molecule has 4 nitrogen and oxygen atoms in total. The lowest BCUT2D eigenvalue weighted by molar-refractivity contribution is 0.607. The number of anilines is 2. The molecule has 6 heteroatoms. The number of hydrogen-bond acceptors (Lipinski definition) is 4. The first-order valence-corrected chi connectivity index (χ1v) is 6.32. The lowest BCUT2D eigenvalue weighted by atomic mass is 10.2. The van der Waals surface area contributed by atoms with E-state index in [-0.39, 0.29) is 11.6 Å². The second-order valence-corrected chi connectivity index (χ2v) is 4.38. The van der Waals surface area contributed by atoms with E-state index in [0.717, 1.165) is 11.8 Å². The Morgan fingerprint density at radius 2 is 1.90 bits per heavy atom. The normalized spacial score (nSPS) is 10.4. The second kappa shape index (κ2) is 6.27. The largest absolute Gasteiger partial charge is 0.354 e. The maximum absolute atomic E-state index is 13.8. The van der Waals surface area contributed by atoms with Gasteiger partial charge in [-0.2, -0.15) is 4.98 Å². The van der Waals surface area contributed by atoms with E-state index < -0.39 is 5.82 Å². The summed E-state index contributed by atoms with van der Waals surface area (Å²) in [5, 5.41) is 2.94. The van der Waals surface area contributed by atoms with Gasteiger partial charge in [-0.3, -0.25) is 0 Å². The van der Waals surface area contributed by atoms with E-state index in [9.17, 15) is 8.78 Å². The molecule has 0 spiro atoms. The summed E-state index contributed by atoms with van der Waals surface area (Å²) in [6, 6.07) is 6.08. The van der Waals surface area contributed by atoms with Gasteiger partial charge >= 0.3 is 0 Å². The van der Waals surface area contributed by atoms with Crippen molar-refractivity contribution in [3.8, 4) is 0 Å². The molecule has 0 aliphatic heterocycles. The van der Waals surface area contributed by atoms with Crippen molar-refractivity contribution in [2.75, 3.05) is 23.8 Å². The van der Waals surface area contributed by atoms with Gasteiger partial charge in [0.15, 0.2) is 11.6 Å². The van der Waals surface area contributed by atoms with E-state index in [4.69, 9.17) is 0 Å². The molecule has 1 N–H and O–H groups in total. The van der Waals surface area contributed by atoms with Gasteiger partial charge in [-0.1, -0.05) is 12.1 Å². The van der Waals surface area contributed by atoms with E-state index >= 15 is 0 Å². The lowest BCUT2D eigenvalue weighted by Gasteiger charge is -2.19. The van der Waals surface area contributed by atoms with Crippen LogP contribution in [0.4, 0.5) is 20.5 Å². The van der Waals surface area contributed by atoms with Crippen molar-refractivity contribution in [3.05, 3.63) is 47.7 Å². The topological polar surface area (TPSA) is 41.1 Å². The van der Waals surface area contributed by atoms with Crippen LogP contribution in [0.25, 0.3) is 0 Å². The highest BCUT2D eigenvalue weighted by atomic mass is 19.1. The fraction of sp³-hybridized carbons (Fsp3) is 0.286. The number of benzene rings is 1. The highest BCUT2D eigenvalue weighted by molar-refractivity contribution is 5.43. The molecule has 2 rings (SSSR count). The lowest BCUT2D eigenvalue weighted by Crippen LogP contribution is -2.20. The summed E-state index contributed by atoms with van der Waals surface area (Å²) in [4.78, 5) is 9.64. The van der Waals surface area contributed by atoms with Crippen LogP contribution in [-0.2, 0) is 6.54 Å². The minimum Gasteiger partial charge on any atom is -0.354 e. The van der Waals surface area contributed by atoms with Gasteiger partial charge in [0.05, 0.1) is 6.20 Å². The molecular weight excluding hydrogens is 262 g/mol. The first-order valence-electron chi connectivity index (χ1n) is 6.32. The van der Waals surface area contributed by atoms with E-state index in [1.54, 1.807) is 24.1 Å². The maximum Gasteiger partial charge on any atom is 0.224 e. The number of nitrogens with one attached hydrogen (secondary N) is 1. The highest BCUT2D eigenvalue weighted by Gasteiger charge is 2.12. The van der Waals surface area contributed by atoms with Crippen LogP contribution in [0, 0.1) is 11.6 Å². The highest BCUT2D eigenvalue weighted by Crippen LogP contribution is 2.18. The summed E-state index contributed by atoms with van der Waals surface area (Å²) in [5.74, 6) is -0.189. The van der Waals surface area contributed by atoms with Crippen molar-refractivity contribution in [1.82, 2.24) is 9.97 Å². The molecule has 0 fully saturated rings. The predicted molar refractivity (Wildman–Crippen MR) is 74.7 cm³/mol. The fourth-order valence-electron chi connectivity index (χ4n) is 1.81. The van der Waals surface area contributed by atoms with E-state index in [1.165, 1.54) is 12.1 Å². The van der Waals surface area contributed by atoms with Gasteiger partial charge < -0.3 is 10.2 Å². The van der Waals surface area contributed by atoms with Crippen molar-refractivity contribution in [1.29, 1.82) is 0 Å². The van der Waals surface area contributed by atoms with Crippen LogP contribution in [0.3, 0.4) is 0 Å². The molecule has 0 aliphatic carbocycles. The van der Waals surface area contributed by atoms with Crippen molar-refractivity contribution >= 4 is 11.8 Å². The number of nitrogens with zero attached hydrogens (tertiary/aromatic N) is 3. The van der Waals surface area contributed by atoms with E-state index in [0.29, 0.717) is 19.0 Å². The molecule has 106 valence electrons. The average molecular weight is 278 g/mol. The Balaban J connectivity index is 2.17. The van der Waals surface area contributed by atoms with Gasteiger partial charge in [-0.25, -0.2) is 13.8 Å². The summed E-state index contributed by atoms with van der Waals surface area (Å²) in [6.45, 7) is 3.00. The number of halogens is 2. The molecule has 0 aliphatic rings. The van der Waals surface area contributed by atoms with Crippen molar-refractivity contribution in [2.45, 2.75) is 13.5 Å². The fourth-order valence-corrected chi connectivity index (χ4v) is 1.81. The molecule has 0 atom stereocenters. The molecule has 1 heterocycles. The van der Waals surface area contributed by atoms with Gasteiger partial charge in [-0.05, 0) is 24.6 Å². The quantitative estimate of drug-likeness (QED) is 0.913. The van der Waals surface area contributed by atoms with Crippen molar-refractivity contribution in [2.24, 2.45) is 0 Å². The predicted octanol–water partition coefficient (Wildman–Crippen LogP) is 2.82. The zero-order valence-electron chi connectivity index (χ0n) is 11.4. The third-order valence-corrected chi connectivity index (χ3v) is 2.76. The maximum atomic E-state index is 13.8. The monoisotopic (exact) mass is 278 g/mol. The molecule has 0 bridgehead atoms. The van der Waals surface area contributed by atoms with Crippen LogP contribution in [0.5, 0.6) is 0 Å². The van der Waals surface area contributed by atoms with Gasteiger partial charge in [0.1, 0.15) is 5.82 Å². The molecule has 0 amide bonds. The summed E-state index contributed by atoms with van der Waals surface area (Å²) in [7, 11) is 1.73. The minimum absolute atomic E-state index is 0.209. The molecule has 20 heavy (non-hydrogen) atoms. The minimum atomic E-state index is -0.490. The van der Waals surface area contributed by atoms with Crippen LogP contribution in [-0.4, -0.2) is 23.6 Å². The van der Waals surface area contributed by atoms with Gasteiger partial charge in [0.2, 0.25) is 5.95 Å². The number of hydrogen-bond donors (Lipinski definition) is 1. The van der Waals surface area contributed by atoms with Crippen LogP contribution in [0.2, 0.25) is 0 Å². The Hall–Kier alpha value is -2.24. The molecule has 1 aromatic heterocycles. The number of rotatable bonds is 5. The average Bonchev–Trinajstić information content (AvgIpc) is 2.43. The van der Waals surface area contributed by atoms with Crippen molar-refractivity contribution in [3.63, 3.8) is 0 Å². The Morgan fingerprint density at radius 3 is 2.55 bits per heavy atom. The zero-order valence-corrected chi connectivity index (χ0v) is 11.4. The first-order chi connectivity index (χ1) is 9.60. The van der Waals surface area contributed by atoms with Crippen LogP contribution in [0.15, 0.2) is 30.5 Å². The van der Waals surface area contributed by atoms with Crippen molar-refractivity contribution < 1.29 is 8.78 Å². The van der Waals surface area contributed by atoms with E-state index in [1.807, 2.05) is 6.92 Å². The van der Waals surface area contributed by atoms with Crippen LogP contribution >= 0.6 is 0 Å². The standard InChI is InChI=1S/C14H16F2N4/c1-3-17-14-18-8-12(16)13(19-14)20(2)9-10-4-6-11(15)7-5-10/h4-8H,3,9H2,1-2H3,(H,17,18,19). The van der Waals surface area contributed by atoms with E-state index in [2.05, 4.69) is 15.3 Å². The second-order valence-electron chi connectivity index (χ2n) is 4.38. The van der Waals surface area contributed by atoms with Crippen LogP contribution < -0.4 is 10.2 Å². The Kier molecular flexibility index (Phi) is 4.45. The molecule has 0 saturated heterocycles. The van der Waals surface area contributed by atoms with Gasteiger partial charge in [0, 0.05) is 20.1 Å². The Labute approximate surface area is 116 Å². The molecule has 0 saturated carbocycles.